The summed E-state index contributed by atoms with van der Waals surface area (Å²) in [5.41, 5.74) is 2.60. The van der Waals surface area contributed by atoms with Gasteiger partial charge in [0.05, 0.1) is 7.11 Å². The van der Waals surface area contributed by atoms with E-state index >= 15 is 0 Å². The van der Waals surface area contributed by atoms with Crippen LogP contribution in [0.15, 0.2) is 36.4 Å². The molecule has 1 atom stereocenters. The summed E-state index contributed by atoms with van der Waals surface area (Å²) in [5, 5.41) is 10.6. The van der Waals surface area contributed by atoms with Crippen LogP contribution < -0.4 is 15.0 Å². The molecule has 0 saturated heterocycles. The van der Waals surface area contributed by atoms with E-state index in [1.165, 1.54) is 12.7 Å². The van der Waals surface area contributed by atoms with Crippen molar-refractivity contribution >= 4 is 11.6 Å². The smallest absolute Gasteiger partial charge is 0.272 e. The van der Waals surface area contributed by atoms with Gasteiger partial charge in [-0.1, -0.05) is 12.1 Å². The lowest BCUT2D eigenvalue weighted by molar-refractivity contribution is 0.0934. The number of rotatable bonds is 6. The third-order valence-corrected chi connectivity index (χ3v) is 3.45. The molecule has 0 bridgehead atoms. The van der Waals surface area contributed by atoms with Crippen LogP contribution in [-0.2, 0) is 6.42 Å². The van der Waals surface area contributed by atoms with E-state index in [9.17, 15) is 4.79 Å². The molecule has 2 aromatic rings. The molecule has 0 fully saturated rings. The second-order valence-corrected chi connectivity index (χ2v) is 5.60. The number of amides is 1. The fourth-order valence-electron chi connectivity index (χ4n) is 2.18. The second-order valence-electron chi connectivity index (χ2n) is 5.60. The number of nitrogens with zero attached hydrogens (tertiary/aromatic N) is 3. The van der Waals surface area contributed by atoms with Gasteiger partial charge in [-0.2, -0.15) is 0 Å². The Balaban J connectivity index is 1.92. The van der Waals surface area contributed by atoms with E-state index in [1.807, 2.05) is 21.0 Å². The van der Waals surface area contributed by atoms with Gasteiger partial charge in [0.15, 0.2) is 5.69 Å². The van der Waals surface area contributed by atoms with Crippen molar-refractivity contribution in [3.8, 4) is 5.88 Å². The van der Waals surface area contributed by atoms with E-state index in [0.29, 0.717) is 5.88 Å². The van der Waals surface area contributed by atoms with Gasteiger partial charge in [0, 0.05) is 31.9 Å². The fraction of sp³-hybridized carbons (Fsp3) is 0.353. The minimum atomic E-state index is -0.238. The third-order valence-electron chi connectivity index (χ3n) is 3.45. The summed E-state index contributed by atoms with van der Waals surface area (Å²) < 4.78 is 4.93. The molecule has 6 heteroatoms. The highest BCUT2D eigenvalue weighted by Crippen LogP contribution is 2.13. The average molecular weight is 314 g/mol. The van der Waals surface area contributed by atoms with Crippen LogP contribution >= 0.6 is 0 Å². The van der Waals surface area contributed by atoms with Gasteiger partial charge >= 0.3 is 0 Å². The van der Waals surface area contributed by atoms with Crippen LogP contribution in [-0.4, -0.2) is 43.4 Å². The van der Waals surface area contributed by atoms with Gasteiger partial charge in [0.25, 0.3) is 5.91 Å². The van der Waals surface area contributed by atoms with Crippen molar-refractivity contribution in [2.45, 2.75) is 19.4 Å². The number of nitrogens with one attached hydrogen (secondary N) is 1. The largest absolute Gasteiger partial charge is 0.480 e. The number of carbonyl (C=O) groups excluding carboxylic acids is 1. The zero-order valence-corrected chi connectivity index (χ0v) is 13.9. The Morgan fingerprint density at radius 1 is 1.17 bits per heavy atom. The summed E-state index contributed by atoms with van der Waals surface area (Å²) in [4.78, 5) is 14.2. The molecular weight excluding hydrogens is 292 g/mol. The molecule has 0 aliphatic heterocycles. The highest BCUT2D eigenvalue weighted by atomic mass is 16.5. The number of anilines is 1. The van der Waals surface area contributed by atoms with Gasteiger partial charge in [-0.05, 0) is 37.1 Å². The topological polar surface area (TPSA) is 67.3 Å². The van der Waals surface area contributed by atoms with Crippen molar-refractivity contribution in [1.82, 2.24) is 15.5 Å². The van der Waals surface area contributed by atoms with E-state index in [1.54, 1.807) is 12.1 Å². The van der Waals surface area contributed by atoms with Crippen molar-refractivity contribution in [1.29, 1.82) is 0 Å². The van der Waals surface area contributed by atoms with Gasteiger partial charge in [-0.15, -0.1) is 10.2 Å². The Kier molecular flexibility index (Phi) is 5.51. The molecule has 0 aliphatic rings. The molecule has 23 heavy (non-hydrogen) atoms. The molecule has 0 unspecified atom stereocenters. The molecule has 1 amide bonds. The number of benzene rings is 1. The standard InChI is InChI=1S/C17H22N4O2/c1-12(11-13-5-7-14(8-6-13)21(2)3)18-17(22)15-9-10-16(23-4)20-19-15/h5-10,12H,11H2,1-4H3,(H,18,22)/t12-/m1/s1. The van der Waals surface area contributed by atoms with Crippen molar-refractivity contribution in [3.05, 3.63) is 47.7 Å². The maximum atomic E-state index is 12.1. The SMILES string of the molecule is COc1ccc(C(=O)N[C@H](C)Cc2ccc(N(C)C)cc2)nn1. The lowest BCUT2D eigenvalue weighted by Crippen LogP contribution is -2.34. The maximum absolute atomic E-state index is 12.1. The quantitative estimate of drug-likeness (QED) is 0.882. The average Bonchev–Trinajstić information content (AvgIpc) is 2.55. The maximum Gasteiger partial charge on any atom is 0.272 e. The first kappa shape index (κ1) is 16.7. The van der Waals surface area contributed by atoms with Crippen LogP contribution in [0.1, 0.15) is 23.0 Å². The first-order valence-electron chi connectivity index (χ1n) is 7.44. The van der Waals surface area contributed by atoms with E-state index in [-0.39, 0.29) is 17.6 Å². The van der Waals surface area contributed by atoms with Crippen molar-refractivity contribution in [3.63, 3.8) is 0 Å². The van der Waals surface area contributed by atoms with Crippen LogP contribution in [0, 0.1) is 0 Å². The molecule has 0 aliphatic carbocycles. The van der Waals surface area contributed by atoms with Crippen molar-refractivity contribution < 1.29 is 9.53 Å². The van der Waals surface area contributed by atoms with E-state index in [0.717, 1.165) is 12.1 Å². The molecule has 0 spiro atoms. The van der Waals surface area contributed by atoms with Gasteiger partial charge < -0.3 is 15.0 Å². The van der Waals surface area contributed by atoms with Crippen molar-refractivity contribution in [2.75, 3.05) is 26.1 Å². The molecule has 2 rings (SSSR count). The van der Waals surface area contributed by atoms with Crippen LogP contribution in [0.4, 0.5) is 5.69 Å². The van der Waals surface area contributed by atoms with E-state index < -0.39 is 0 Å². The minimum absolute atomic E-state index is 0.00314. The van der Waals surface area contributed by atoms with Crippen LogP contribution in [0.5, 0.6) is 5.88 Å². The van der Waals surface area contributed by atoms with Crippen LogP contribution in [0.25, 0.3) is 0 Å². The van der Waals surface area contributed by atoms with Gasteiger partial charge in [0.1, 0.15) is 0 Å². The van der Waals surface area contributed by atoms with Crippen LogP contribution in [0.2, 0.25) is 0 Å². The van der Waals surface area contributed by atoms with Crippen LogP contribution in [0.3, 0.4) is 0 Å². The van der Waals surface area contributed by atoms with E-state index in [2.05, 4.69) is 44.7 Å². The molecule has 0 saturated carbocycles. The zero-order chi connectivity index (χ0) is 16.8. The monoisotopic (exact) mass is 314 g/mol. The molecule has 1 aromatic heterocycles. The summed E-state index contributed by atoms with van der Waals surface area (Å²) in [6, 6.07) is 11.5. The Morgan fingerprint density at radius 2 is 1.87 bits per heavy atom. The highest BCUT2D eigenvalue weighted by molar-refractivity contribution is 5.92. The number of methoxy groups -OCH3 is 1. The fourth-order valence-corrected chi connectivity index (χ4v) is 2.18. The third kappa shape index (κ3) is 4.67. The summed E-state index contributed by atoms with van der Waals surface area (Å²) >= 11 is 0. The Labute approximate surface area is 136 Å². The molecule has 122 valence electrons. The molecular formula is C17H22N4O2. The van der Waals surface area contributed by atoms with Gasteiger partial charge in [-0.3, -0.25) is 4.79 Å². The lowest BCUT2D eigenvalue weighted by Gasteiger charge is -2.15. The first-order valence-corrected chi connectivity index (χ1v) is 7.44. The zero-order valence-electron chi connectivity index (χ0n) is 13.9. The minimum Gasteiger partial charge on any atom is -0.480 e. The molecule has 6 nitrogen and oxygen atoms in total. The summed E-state index contributed by atoms with van der Waals surface area (Å²) in [7, 11) is 5.52. The molecule has 1 N–H and O–H groups in total. The summed E-state index contributed by atoms with van der Waals surface area (Å²) in [6.07, 6.45) is 0.753. The van der Waals surface area contributed by atoms with Crippen molar-refractivity contribution in [2.24, 2.45) is 0 Å². The Bertz CT molecular complexity index is 639. The number of ether oxygens (including phenoxy) is 1. The Morgan fingerprint density at radius 3 is 2.39 bits per heavy atom. The predicted molar refractivity (Wildman–Crippen MR) is 90.0 cm³/mol. The summed E-state index contributed by atoms with van der Waals surface area (Å²) in [6.45, 7) is 1.97. The number of aromatic nitrogens is 2. The molecule has 1 aromatic carbocycles. The number of hydrogen-bond acceptors (Lipinski definition) is 5. The van der Waals surface area contributed by atoms with Gasteiger partial charge in [-0.25, -0.2) is 0 Å². The number of carbonyl (C=O) groups is 1. The lowest BCUT2D eigenvalue weighted by atomic mass is 10.1. The van der Waals surface area contributed by atoms with E-state index in [4.69, 9.17) is 4.74 Å². The summed E-state index contributed by atoms with van der Waals surface area (Å²) in [5.74, 6) is 0.146. The second kappa shape index (κ2) is 7.58. The predicted octanol–water partition coefficient (Wildman–Crippen LogP) is 1.91. The molecule has 0 radical (unpaired) electrons. The number of hydrogen-bond donors (Lipinski definition) is 1. The first-order chi connectivity index (χ1) is 11.0. The normalized spacial score (nSPS) is 11.7. The Hall–Kier alpha value is -2.63. The van der Waals surface area contributed by atoms with Gasteiger partial charge in [0.2, 0.25) is 5.88 Å². The highest BCUT2D eigenvalue weighted by Gasteiger charge is 2.12. The molecule has 1 heterocycles.